The molecule has 1 aliphatic rings. The molecule has 0 saturated carbocycles. The highest BCUT2D eigenvalue weighted by molar-refractivity contribution is 6.16. The minimum atomic E-state index is -0.210. The quantitative estimate of drug-likeness (QED) is 0.185. The molecule has 0 radical (unpaired) electrons. The molecule has 4 heterocycles. The highest BCUT2D eigenvalue weighted by Crippen LogP contribution is 2.42. The van der Waals surface area contributed by atoms with Gasteiger partial charge < -0.3 is 18.7 Å². The van der Waals surface area contributed by atoms with Gasteiger partial charge in [-0.3, -0.25) is 5.32 Å². The van der Waals surface area contributed by atoms with E-state index in [1.165, 1.54) is 21.8 Å². The summed E-state index contributed by atoms with van der Waals surface area (Å²) < 4.78 is 15.8. The highest BCUT2D eigenvalue weighted by Gasteiger charge is 2.26. The third-order valence-electron chi connectivity index (χ3n) is 11.5. The van der Waals surface area contributed by atoms with E-state index < -0.39 is 0 Å². The number of rotatable bonds is 5. The summed E-state index contributed by atoms with van der Waals surface area (Å²) in [6.07, 6.45) is -0.393. The first-order chi connectivity index (χ1) is 28.2. The van der Waals surface area contributed by atoms with Crippen molar-refractivity contribution < 1.29 is 8.83 Å². The van der Waals surface area contributed by atoms with Crippen LogP contribution in [0.1, 0.15) is 29.0 Å². The maximum absolute atomic E-state index is 6.72. The standard InChI is InChI=1S/C51H34N4O2/c1-3-13-31(14-4-1)49-52-50(32-15-5-2-6-16-32)54-51(53-49)33-25-27-45-41(29-33)39-21-11-19-37(47(39)56-45)38-20-12-22-40-42-30-34(26-28-46(42)57-48(38)40)55-43-23-9-7-17-35(43)36-18-8-10-24-44(36)55/h1-30,49,51,53H,(H,52,54). The Labute approximate surface area is 327 Å². The lowest BCUT2D eigenvalue weighted by atomic mass is 9.99. The minimum absolute atomic E-state index is 0.183. The van der Waals surface area contributed by atoms with E-state index >= 15 is 0 Å². The van der Waals surface area contributed by atoms with Crippen LogP contribution in [-0.2, 0) is 0 Å². The van der Waals surface area contributed by atoms with Crippen LogP contribution in [0.15, 0.2) is 196 Å². The van der Waals surface area contributed by atoms with Gasteiger partial charge in [0, 0.05) is 54.7 Å². The number of aromatic nitrogens is 1. The van der Waals surface area contributed by atoms with Crippen molar-refractivity contribution in [1.29, 1.82) is 0 Å². The number of benzene rings is 8. The number of amidine groups is 1. The Bertz CT molecular complexity index is 3320. The second-order valence-corrected chi connectivity index (χ2v) is 14.8. The normalized spacial score (nSPS) is 15.9. The number of fused-ring (bicyclic) bond motifs is 9. The predicted octanol–water partition coefficient (Wildman–Crippen LogP) is 12.6. The monoisotopic (exact) mass is 734 g/mol. The van der Waals surface area contributed by atoms with Gasteiger partial charge in [-0.15, -0.1) is 0 Å². The van der Waals surface area contributed by atoms with Gasteiger partial charge in [0.15, 0.2) is 0 Å². The zero-order valence-electron chi connectivity index (χ0n) is 30.7. The Morgan fingerprint density at radius 3 is 1.68 bits per heavy atom. The molecule has 6 heteroatoms. The van der Waals surface area contributed by atoms with Gasteiger partial charge in [-0.2, -0.15) is 0 Å². The van der Waals surface area contributed by atoms with Crippen molar-refractivity contribution in [2.75, 3.05) is 0 Å². The number of aliphatic imine (C=N–C) groups is 1. The molecule has 0 spiro atoms. The molecule has 8 aromatic carbocycles. The van der Waals surface area contributed by atoms with Crippen LogP contribution >= 0.6 is 0 Å². The van der Waals surface area contributed by atoms with Crippen LogP contribution in [0, 0.1) is 0 Å². The van der Waals surface area contributed by atoms with Gasteiger partial charge in [0.1, 0.15) is 40.5 Å². The summed E-state index contributed by atoms with van der Waals surface area (Å²) in [6.45, 7) is 0. The molecular weight excluding hydrogens is 701 g/mol. The van der Waals surface area contributed by atoms with Crippen LogP contribution in [0.5, 0.6) is 0 Å². The summed E-state index contributed by atoms with van der Waals surface area (Å²) in [7, 11) is 0. The molecule has 0 bridgehead atoms. The van der Waals surface area contributed by atoms with Gasteiger partial charge in [-0.1, -0.05) is 140 Å². The van der Waals surface area contributed by atoms with E-state index in [1.54, 1.807) is 0 Å². The molecule has 0 fully saturated rings. The van der Waals surface area contributed by atoms with Crippen molar-refractivity contribution in [2.24, 2.45) is 4.99 Å². The third-order valence-corrected chi connectivity index (χ3v) is 11.5. The van der Waals surface area contributed by atoms with E-state index in [9.17, 15) is 0 Å². The summed E-state index contributed by atoms with van der Waals surface area (Å²) in [6, 6.07) is 63.7. The Kier molecular flexibility index (Phi) is 7.03. The smallest absolute Gasteiger partial charge is 0.143 e. The molecule has 0 aliphatic carbocycles. The summed E-state index contributed by atoms with van der Waals surface area (Å²) >= 11 is 0. The average molecular weight is 735 g/mol. The number of furan rings is 2. The summed E-state index contributed by atoms with van der Waals surface area (Å²) in [4.78, 5) is 5.09. The predicted molar refractivity (Wildman–Crippen MR) is 232 cm³/mol. The largest absolute Gasteiger partial charge is 0.455 e. The van der Waals surface area contributed by atoms with Crippen molar-refractivity contribution >= 4 is 71.5 Å². The first-order valence-corrected chi connectivity index (χ1v) is 19.4. The fraction of sp³-hybridized carbons (Fsp3) is 0.0392. The van der Waals surface area contributed by atoms with E-state index in [-0.39, 0.29) is 12.3 Å². The van der Waals surface area contributed by atoms with E-state index in [0.29, 0.717) is 0 Å². The highest BCUT2D eigenvalue weighted by atomic mass is 16.3. The Hall–Kier alpha value is -7.41. The van der Waals surface area contributed by atoms with E-state index in [2.05, 4.69) is 173 Å². The summed E-state index contributed by atoms with van der Waals surface area (Å²) in [5.41, 5.74) is 12.1. The molecule has 12 rings (SSSR count). The Balaban J connectivity index is 0.961. The van der Waals surface area contributed by atoms with Gasteiger partial charge >= 0.3 is 0 Å². The molecule has 2 N–H and O–H groups in total. The number of para-hydroxylation sites is 4. The molecule has 57 heavy (non-hydrogen) atoms. The van der Waals surface area contributed by atoms with Crippen LogP contribution in [0.2, 0.25) is 0 Å². The fourth-order valence-corrected chi connectivity index (χ4v) is 8.83. The van der Waals surface area contributed by atoms with E-state index in [1.807, 2.05) is 24.3 Å². The van der Waals surface area contributed by atoms with E-state index in [4.69, 9.17) is 13.8 Å². The minimum Gasteiger partial charge on any atom is -0.455 e. The zero-order valence-corrected chi connectivity index (χ0v) is 30.7. The maximum Gasteiger partial charge on any atom is 0.143 e. The number of nitrogens with zero attached hydrogens (tertiary/aromatic N) is 2. The topological polar surface area (TPSA) is 67.6 Å². The van der Waals surface area contributed by atoms with Crippen molar-refractivity contribution in [3.05, 3.63) is 199 Å². The van der Waals surface area contributed by atoms with Gasteiger partial charge in [0.25, 0.3) is 0 Å². The van der Waals surface area contributed by atoms with Crippen LogP contribution < -0.4 is 10.6 Å². The lowest BCUT2D eigenvalue weighted by Gasteiger charge is -2.32. The van der Waals surface area contributed by atoms with Gasteiger partial charge in [-0.05, 0) is 53.6 Å². The molecule has 1 aliphatic heterocycles. The van der Waals surface area contributed by atoms with Crippen LogP contribution in [0.3, 0.4) is 0 Å². The maximum atomic E-state index is 6.72. The molecule has 270 valence electrons. The molecule has 2 unspecified atom stereocenters. The lowest BCUT2D eigenvalue weighted by molar-refractivity contribution is 0.409. The van der Waals surface area contributed by atoms with Crippen molar-refractivity contribution in [3.8, 4) is 16.8 Å². The van der Waals surface area contributed by atoms with Crippen molar-refractivity contribution in [1.82, 2.24) is 15.2 Å². The average Bonchev–Trinajstić information content (AvgIpc) is 3.96. The second-order valence-electron chi connectivity index (χ2n) is 14.8. The molecule has 0 saturated heterocycles. The first kappa shape index (κ1) is 31.9. The van der Waals surface area contributed by atoms with Crippen LogP contribution in [0.4, 0.5) is 0 Å². The van der Waals surface area contributed by atoms with Gasteiger partial charge in [-0.25, -0.2) is 4.99 Å². The third kappa shape index (κ3) is 5.04. The molecule has 2 atom stereocenters. The second kappa shape index (κ2) is 12.6. The summed E-state index contributed by atoms with van der Waals surface area (Å²) in [5.74, 6) is 0.855. The van der Waals surface area contributed by atoms with Gasteiger partial charge in [0.2, 0.25) is 0 Å². The van der Waals surface area contributed by atoms with Crippen molar-refractivity contribution in [3.63, 3.8) is 0 Å². The number of hydrogen-bond donors (Lipinski definition) is 2. The molecular formula is C51H34N4O2. The number of nitrogens with one attached hydrogen (secondary N) is 2. The first-order valence-electron chi connectivity index (χ1n) is 19.4. The van der Waals surface area contributed by atoms with E-state index in [0.717, 1.165) is 83.2 Å². The number of hydrogen-bond acceptors (Lipinski definition) is 5. The Morgan fingerprint density at radius 1 is 0.456 bits per heavy atom. The molecule has 6 nitrogen and oxygen atoms in total. The van der Waals surface area contributed by atoms with Crippen molar-refractivity contribution in [2.45, 2.75) is 12.3 Å². The molecule has 0 amide bonds. The SMILES string of the molecule is c1ccc(C2=NC(c3ccccc3)NC(c3ccc4oc5c(-c6cccc7c6oc6ccc(-n8c9ccccc9c9ccccc98)cc67)cccc5c4c3)N2)cc1. The fourth-order valence-electron chi connectivity index (χ4n) is 8.83. The lowest BCUT2D eigenvalue weighted by Crippen LogP contribution is -2.44. The Morgan fingerprint density at radius 2 is 1.02 bits per heavy atom. The zero-order chi connectivity index (χ0) is 37.5. The molecule has 11 aromatic rings. The van der Waals surface area contributed by atoms with Gasteiger partial charge in [0.05, 0.1) is 11.0 Å². The molecule has 3 aromatic heterocycles. The van der Waals surface area contributed by atoms with Crippen LogP contribution in [0.25, 0.3) is 82.5 Å². The van der Waals surface area contributed by atoms with Crippen LogP contribution in [-0.4, -0.2) is 10.4 Å². The summed E-state index contributed by atoms with van der Waals surface area (Å²) in [5, 5.41) is 14.2.